The van der Waals surface area contributed by atoms with Crippen LogP contribution >= 0.6 is 0 Å². The van der Waals surface area contributed by atoms with Gasteiger partial charge in [0.05, 0.1) is 5.56 Å². The summed E-state index contributed by atoms with van der Waals surface area (Å²) < 4.78 is 13.4. The van der Waals surface area contributed by atoms with E-state index in [0.29, 0.717) is 23.5 Å². The fraction of sp³-hybridized carbons (Fsp3) is 0.167. The van der Waals surface area contributed by atoms with Gasteiger partial charge in [-0.3, -0.25) is 0 Å². The molecule has 6 heteroatoms. The highest BCUT2D eigenvalue weighted by molar-refractivity contribution is 5.83. The molecule has 18 heavy (non-hydrogen) atoms. The maximum atomic E-state index is 13.4. The van der Waals surface area contributed by atoms with Crippen molar-refractivity contribution in [3.8, 4) is 16.9 Å². The van der Waals surface area contributed by atoms with Crippen LogP contribution in [0.5, 0.6) is 5.75 Å². The van der Waals surface area contributed by atoms with Crippen LogP contribution in [0.4, 0.5) is 16.0 Å². The van der Waals surface area contributed by atoms with Crippen LogP contribution in [0.3, 0.4) is 0 Å². The van der Waals surface area contributed by atoms with E-state index in [4.69, 9.17) is 5.73 Å². The van der Waals surface area contributed by atoms with Gasteiger partial charge in [0.15, 0.2) is 11.6 Å². The predicted octanol–water partition coefficient (Wildman–Crippen LogP) is 2.00. The summed E-state index contributed by atoms with van der Waals surface area (Å²) in [6.07, 6.45) is 1.34. The molecule has 0 aliphatic heterocycles. The number of phenolic OH excluding ortho intramolecular Hbond substituents is 1. The van der Waals surface area contributed by atoms with Gasteiger partial charge in [0.25, 0.3) is 0 Å². The van der Waals surface area contributed by atoms with E-state index in [1.165, 1.54) is 18.5 Å². The molecule has 2 rings (SSSR count). The Morgan fingerprint density at radius 1 is 1.39 bits per heavy atom. The number of aromatic nitrogens is 2. The number of anilines is 2. The van der Waals surface area contributed by atoms with Gasteiger partial charge in [0.2, 0.25) is 0 Å². The number of nitrogen functional groups attached to an aromatic ring is 1. The molecule has 0 fully saturated rings. The average Bonchev–Trinajstić information content (AvgIpc) is 2.34. The highest BCUT2D eigenvalue weighted by atomic mass is 19.1. The summed E-state index contributed by atoms with van der Waals surface area (Å²) >= 11 is 0. The fourth-order valence-corrected chi connectivity index (χ4v) is 1.65. The molecule has 0 bridgehead atoms. The normalized spacial score (nSPS) is 10.3. The Balaban J connectivity index is 2.58. The van der Waals surface area contributed by atoms with Gasteiger partial charge in [-0.15, -0.1) is 0 Å². The number of aromatic hydroxyl groups is 1. The van der Waals surface area contributed by atoms with Crippen molar-refractivity contribution in [2.24, 2.45) is 0 Å². The van der Waals surface area contributed by atoms with E-state index in [2.05, 4.69) is 15.3 Å². The minimum Gasteiger partial charge on any atom is -0.505 e. The second-order valence-electron chi connectivity index (χ2n) is 3.68. The van der Waals surface area contributed by atoms with E-state index in [1.807, 2.05) is 6.92 Å². The van der Waals surface area contributed by atoms with Gasteiger partial charge in [-0.2, -0.15) is 0 Å². The third-order valence-electron chi connectivity index (χ3n) is 2.46. The molecular weight excluding hydrogens is 235 g/mol. The van der Waals surface area contributed by atoms with E-state index in [9.17, 15) is 9.50 Å². The molecule has 0 unspecified atom stereocenters. The Kier molecular flexibility index (Phi) is 3.27. The highest BCUT2D eigenvalue weighted by Gasteiger charge is 2.13. The summed E-state index contributed by atoms with van der Waals surface area (Å²) in [4.78, 5) is 7.96. The first-order valence-electron chi connectivity index (χ1n) is 5.46. The second-order valence-corrected chi connectivity index (χ2v) is 3.68. The van der Waals surface area contributed by atoms with Crippen LogP contribution in [0.15, 0.2) is 24.5 Å². The number of nitrogens with two attached hydrogens (primary N) is 1. The smallest absolute Gasteiger partial charge is 0.165 e. The molecule has 0 saturated heterocycles. The standard InChI is InChI=1S/C12H13FN4O/c1-2-15-12-10(11(14)16-6-17-12)7-3-4-9(18)8(13)5-7/h3-6,18H,2H2,1H3,(H3,14,15,16,17). The third-order valence-corrected chi connectivity index (χ3v) is 2.46. The van der Waals surface area contributed by atoms with E-state index in [-0.39, 0.29) is 5.82 Å². The molecule has 0 aliphatic rings. The maximum Gasteiger partial charge on any atom is 0.165 e. The lowest BCUT2D eigenvalue weighted by Crippen LogP contribution is -2.05. The molecule has 1 heterocycles. The van der Waals surface area contributed by atoms with Gasteiger partial charge in [-0.25, -0.2) is 14.4 Å². The molecule has 0 aliphatic carbocycles. The number of halogens is 1. The number of nitrogens with zero attached hydrogens (tertiary/aromatic N) is 2. The van der Waals surface area contributed by atoms with Crippen LogP contribution in [-0.2, 0) is 0 Å². The zero-order chi connectivity index (χ0) is 13.1. The summed E-state index contributed by atoms with van der Waals surface area (Å²) in [6, 6.07) is 4.03. The van der Waals surface area contributed by atoms with Gasteiger partial charge < -0.3 is 16.2 Å². The van der Waals surface area contributed by atoms with Crippen molar-refractivity contribution in [1.82, 2.24) is 9.97 Å². The van der Waals surface area contributed by atoms with Crippen molar-refractivity contribution >= 4 is 11.6 Å². The minimum atomic E-state index is -0.710. The zero-order valence-electron chi connectivity index (χ0n) is 9.81. The third kappa shape index (κ3) is 2.17. The Hall–Kier alpha value is -2.37. The summed E-state index contributed by atoms with van der Waals surface area (Å²) in [6.45, 7) is 2.57. The molecule has 1 aromatic heterocycles. The predicted molar refractivity (Wildman–Crippen MR) is 67.7 cm³/mol. The van der Waals surface area contributed by atoms with Crippen LogP contribution in [0.25, 0.3) is 11.1 Å². The number of rotatable bonds is 3. The second kappa shape index (κ2) is 4.87. The number of hydrogen-bond donors (Lipinski definition) is 3. The first-order chi connectivity index (χ1) is 8.63. The SMILES string of the molecule is CCNc1ncnc(N)c1-c1ccc(O)c(F)c1. The molecule has 0 radical (unpaired) electrons. The van der Waals surface area contributed by atoms with Crippen LogP contribution in [0.2, 0.25) is 0 Å². The number of hydrogen-bond acceptors (Lipinski definition) is 5. The fourth-order valence-electron chi connectivity index (χ4n) is 1.65. The highest BCUT2D eigenvalue weighted by Crippen LogP contribution is 2.32. The molecule has 1 aromatic carbocycles. The van der Waals surface area contributed by atoms with Gasteiger partial charge in [-0.1, -0.05) is 6.07 Å². The van der Waals surface area contributed by atoms with Crippen molar-refractivity contribution in [3.63, 3.8) is 0 Å². The Bertz CT molecular complexity index is 574. The van der Waals surface area contributed by atoms with Gasteiger partial charge in [-0.05, 0) is 24.6 Å². The van der Waals surface area contributed by atoms with Crippen LogP contribution < -0.4 is 11.1 Å². The summed E-state index contributed by atoms with van der Waals surface area (Å²) in [5, 5.41) is 12.2. The Morgan fingerprint density at radius 2 is 2.17 bits per heavy atom. The topological polar surface area (TPSA) is 84.1 Å². The molecule has 4 N–H and O–H groups in total. The van der Waals surface area contributed by atoms with Crippen molar-refractivity contribution in [2.75, 3.05) is 17.6 Å². The summed E-state index contributed by atoms with van der Waals surface area (Å²) in [7, 11) is 0. The van der Waals surface area contributed by atoms with Crippen molar-refractivity contribution in [3.05, 3.63) is 30.3 Å². The minimum absolute atomic E-state index is 0.256. The number of benzene rings is 1. The van der Waals surface area contributed by atoms with Gasteiger partial charge >= 0.3 is 0 Å². The lowest BCUT2D eigenvalue weighted by atomic mass is 10.1. The summed E-state index contributed by atoms with van der Waals surface area (Å²) in [5.74, 6) is -0.321. The van der Waals surface area contributed by atoms with Crippen LogP contribution in [-0.4, -0.2) is 21.6 Å². The quantitative estimate of drug-likeness (QED) is 0.773. The largest absolute Gasteiger partial charge is 0.505 e. The molecule has 94 valence electrons. The van der Waals surface area contributed by atoms with Crippen molar-refractivity contribution < 1.29 is 9.50 Å². The molecule has 0 amide bonds. The van der Waals surface area contributed by atoms with Gasteiger partial charge in [0, 0.05) is 6.54 Å². The summed E-state index contributed by atoms with van der Waals surface area (Å²) in [5.41, 5.74) is 6.84. The van der Waals surface area contributed by atoms with Crippen molar-refractivity contribution in [2.45, 2.75) is 6.92 Å². The Labute approximate surface area is 104 Å². The molecule has 0 saturated carbocycles. The van der Waals surface area contributed by atoms with E-state index >= 15 is 0 Å². The molecule has 5 nitrogen and oxygen atoms in total. The van der Waals surface area contributed by atoms with Gasteiger partial charge in [0.1, 0.15) is 18.0 Å². The molecule has 2 aromatic rings. The van der Waals surface area contributed by atoms with Crippen LogP contribution in [0, 0.1) is 5.82 Å². The van der Waals surface area contributed by atoms with E-state index < -0.39 is 11.6 Å². The number of phenols is 1. The molecule has 0 spiro atoms. The van der Waals surface area contributed by atoms with E-state index in [1.54, 1.807) is 6.07 Å². The first kappa shape index (κ1) is 12.1. The lowest BCUT2D eigenvalue weighted by molar-refractivity contribution is 0.432. The van der Waals surface area contributed by atoms with E-state index in [0.717, 1.165) is 0 Å². The molecular formula is C12H13FN4O. The zero-order valence-corrected chi connectivity index (χ0v) is 9.81. The first-order valence-corrected chi connectivity index (χ1v) is 5.46. The maximum absolute atomic E-state index is 13.4. The lowest BCUT2D eigenvalue weighted by Gasteiger charge is -2.11. The number of nitrogens with one attached hydrogen (secondary N) is 1. The van der Waals surface area contributed by atoms with Crippen molar-refractivity contribution in [1.29, 1.82) is 0 Å². The monoisotopic (exact) mass is 248 g/mol. The molecule has 0 atom stereocenters. The Morgan fingerprint density at radius 3 is 2.83 bits per heavy atom. The van der Waals surface area contributed by atoms with Crippen LogP contribution in [0.1, 0.15) is 6.92 Å². The average molecular weight is 248 g/mol.